The summed E-state index contributed by atoms with van der Waals surface area (Å²) >= 11 is 0. The third-order valence-corrected chi connectivity index (χ3v) is 1.31. The van der Waals surface area contributed by atoms with E-state index in [-0.39, 0.29) is 5.76 Å². The summed E-state index contributed by atoms with van der Waals surface area (Å²) < 4.78 is 10.0. The van der Waals surface area contributed by atoms with Crippen molar-refractivity contribution in [2.24, 2.45) is 10.7 Å². The largest absolute Gasteiger partial charge is 0.438 e. The monoisotopic (exact) mass is 197 g/mol. The molecule has 5 heteroatoms. The molecule has 0 fully saturated rings. The highest BCUT2D eigenvalue weighted by Gasteiger charge is 2.03. The predicted molar refractivity (Wildman–Crippen MR) is 56.3 cm³/mol. The van der Waals surface area contributed by atoms with Crippen LogP contribution in [0.1, 0.15) is 6.92 Å². The maximum atomic E-state index is 6.89. The van der Waals surface area contributed by atoms with Gasteiger partial charge in [-0.3, -0.25) is 0 Å². The summed E-state index contributed by atoms with van der Waals surface area (Å²) in [5.41, 5.74) is 5.92. The minimum absolute atomic E-state index is 0.195. The molecule has 0 aliphatic rings. The summed E-state index contributed by atoms with van der Waals surface area (Å²) in [6.07, 6.45) is 2.11. The van der Waals surface area contributed by atoms with E-state index in [1.165, 1.54) is 0 Å². The Bertz CT molecular complexity index is 269. The Morgan fingerprint density at radius 3 is 2.71 bits per heavy atom. The van der Waals surface area contributed by atoms with E-state index in [0.29, 0.717) is 12.5 Å². The first kappa shape index (κ1) is 12.4. The lowest BCUT2D eigenvalue weighted by atomic mass is 10.3. The molecule has 14 heavy (non-hydrogen) atoms. The third kappa shape index (κ3) is 4.42. The lowest BCUT2D eigenvalue weighted by Gasteiger charge is -2.08. The first-order chi connectivity index (χ1) is 6.65. The number of methoxy groups -OCH3 is 1. The summed E-state index contributed by atoms with van der Waals surface area (Å²) in [6, 6.07) is 0. The lowest BCUT2D eigenvalue weighted by Crippen LogP contribution is -2.01. The highest BCUT2D eigenvalue weighted by Crippen LogP contribution is 2.10. The van der Waals surface area contributed by atoms with Crippen LogP contribution in [0.2, 0.25) is 0 Å². The molecule has 0 aromatic heterocycles. The normalized spacial score (nSPS) is 12.4. The van der Waals surface area contributed by atoms with Gasteiger partial charge in [0, 0.05) is 12.7 Å². The van der Waals surface area contributed by atoms with E-state index in [1.807, 2.05) is 0 Å². The molecule has 0 amide bonds. The lowest BCUT2D eigenvalue weighted by molar-refractivity contribution is 0.216. The van der Waals surface area contributed by atoms with Crippen molar-refractivity contribution in [1.29, 1.82) is 5.41 Å². The van der Waals surface area contributed by atoms with Crippen molar-refractivity contribution in [2.75, 3.05) is 13.7 Å². The third-order valence-electron chi connectivity index (χ3n) is 1.31. The molecule has 0 saturated heterocycles. The van der Waals surface area contributed by atoms with Gasteiger partial charge in [0.1, 0.15) is 5.76 Å². The van der Waals surface area contributed by atoms with Crippen LogP contribution in [0.3, 0.4) is 0 Å². The van der Waals surface area contributed by atoms with Gasteiger partial charge in [0.25, 0.3) is 0 Å². The van der Waals surface area contributed by atoms with Gasteiger partial charge in [-0.1, -0.05) is 6.58 Å². The Kier molecular flexibility index (Phi) is 6.06. The topological polar surface area (TPSA) is 80.7 Å². The Morgan fingerprint density at radius 2 is 2.29 bits per heavy atom. The number of nitrogens with zero attached hydrogens (tertiary/aromatic N) is 1. The molecule has 5 nitrogen and oxygen atoms in total. The molecular formula is C9H15N3O2. The van der Waals surface area contributed by atoms with Gasteiger partial charge < -0.3 is 20.6 Å². The Labute approximate surface area is 83.4 Å². The minimum Gasteiger partial charge on any atom is -0.438 e. The molecule has 0 bridgehead atoms. The van der Waals surface area contributed by atoms with E-state index in [2.05, 4.69) is 11.6 Å². The molecule has 0 aliphatic carbocycles. The van der Waals surface area contributed by atoms with Crippen LogP contribution in [-0.4, -0.2) is 26.3 Å². The number of rotatable bonds is 6. The maximum absolute atomic E-state index is 6.89. The highest BCUT2D eigenvalue weighted by atomic mass is 16.5. The van der Waals surface area contributed by atoms with E-state index in [0.717, 1.165) is 18.1 Å². The smallest absolute Gasteiger partial charge is 0.221 e. The van der Waals surface area contributed by atoms with Crippen molar-refractivity contribution in [3.63, 3.8) is 0 Å². The fourth-order valence-electron chi connectivity index (χ4n) is 0.723. The number of nitrogens with two attached hydrogens (primary N) is 1. The Hall–Kier alpha value is -1.62. The molecule has 0 aliphatic heterocycles. The van der Waals surface area contributed by atoms with Gasteiger partial charge in [0.15, 0.2) is 0 Å². The van der Waals surface area contributed by atoms with Gasteiger partial charge in [0.05, 0.1) is 19.2 Å². The number of nitrogens with one attached hydrogen (secondary N) is 1. The molecule has 78 valence electrons. The van der Waals surface area contributed by atoms with Crippen LogP contribution in [0, 0.1) is 5.41 Å². The molecule has 0 rings (SSSR count). The summed E-state index contributed by atoms with van der Waals surface area (Å²) in [6.45, 7) is 5.66. The van der Waals surface area contributed by atoms with Crippen LogP contribution in [0.15, 0.2) is 28.8 Å². The number of hydrogen-bond donors (Lipinski definition) is 2. The second kappa shape index (κ2) is 6.85. The Balaban J connectivity index is 4.65. The van der Waals surface area contributed by atoms with Crippen molar-refractivity contribution in [3.8, 4) is 0 Å². The standard InChI is InChI=1S/C9H15N3O2/c1-7(5-13-3)9(12-6-11)14-8(2)4-10/h4,6,10H,2,5H2,1,3H3,(H2,11,12)/b9-7+,10-4?. The van der Waals surface area contributed by atoms with E-state index < -0.39 is 0 Å². The number of ether oxygens (including phenoxy) is 2. The summed E-state index contributed by atoms with van der Waals surface area (Å²) in [7, 11) is 1.57. The zero-order valence-electron chi connectivity index (χ0n) is 8.41. The van der Waals surface area contributed by atoms with Crippen molar-refractivity contribution >= 4 is 12.6 Å². The van der Waals surface area contributed by atoms with Gasteiger partial charge in [-0.15, -0.1) is 0 Å². The van der Waals surface area contributed by atoms with Gasteiger partial charge in [0.2, 0.25) is 5.88 Å². The van der Waals surface area contributed by atoms with Crippen LogP contribution in [0.25, 0.3) is 0 Å². The average Bonchev–Trinajstić information content (AvgIpc) is 2.17. The predicted octanol–water partition coefficient (Wildman–Crippen LogP) is 1.03. The summed E-state index contributed by atoms with van der Waals surface area (Å²) in [5.74, 6) is 0.504. The molecule has 3 N–H and O–H groups in total. The van der Waals surface area contributed by atoms with Crippen LogP contribution >= 0.6 is 0 Å². The summed E-state index contributed by atoms with van der Waals surface area (Å²) in [4.78, 5) is 3.80. The van der Waals surface area contributed by atoms with E-state index in [9.17, 15) is 0 Å². The van der Waals surface area contributed by atoms with Crippen LogP contribution in [0.4, 0.5) is 0 Å². The van der Waals surface area contributed by atoms with Crippen molar-refractivity contribution < 1.29 is 9.47 Å². The fraction of sp³-hybridized carbons (Fsp3) is 0.333. The van der Waals surface area contributed by atoms with Crippen molar-refractivity contribution in [3.05, 3.63) is 23.8 Å². The van der Waals surface area contributed by atoms with E-state index in [4.69, 9.17) is 20.6 Å². The molecule has 0 unspecified atom stereocenters. The zero-order chi connectivity index (χ0) is 11.0. The molecule has 0 aromatic carbocycles. The van der Waals surface area contributed by atoms with Crippen LogP contribution in [-0.2, 0) is 9.47 Å². The Morgan fingerprint density at radius 1 is 1.64 bits per heavy atom. The highest BCUT2D eigenvalue weighted by molar-refractivity contribution is 5.72. The molecule has 0 aromatic rings. The van der Waals surface area contributed by atoms with Crippen molar-refractivity contribution in [2.45, 2.75) is 6.92 Å². The molecule has 0 atom stereocenters. The van der Waals surface area contributed by atoms with Crippen LogP contribution < -0.4 is 5.73 Å². The number of aliphatic imine (C=N–C) groups is 1. The first-order valence-electron chi connectivity index (χ1n) is 3.95. The van der Waals surface area contributed by atoms with E-state index >= 15 is 0 Å². The molecular weight excluding hydrogens is 182 g/mol. The van der Waals surface area contributed by atoms with Crippen LogP contribution in [0.5, 0.6) is 0 Å². The van der Waals surface area contributed by atoms with Gasteiger partial charge in [-0.25, -0.2) is 4.99 Å². The van der Waals surface area contributed by atoms with E-state index in [1.54, 1.807) is 14.0 Å². The number of hydrogen-bond acceptors (Lipinski definition) is 4. The first-order valence-corrected chi connectivity index (χ1v) is 3.95. The molecule has 0 spiro atoms. The van der Waals surface area contributed by atoms with Gasteiger partial charge in [-0.05, 0) is 6.92 Å². The quantitative estimate of drug-likeness (QED) is 0.379. The molecule has 0 heterocycles. The summed E-state index contributed by atoms with van der Waals surface area (Å²) in [5, 5.41) is 6.89. The fourth-order valence-corrected chi connectivity index (χ4v) is 0.723. The zero-order valence-corrected chi connectivity index (χ0v) is 8.41. The average molecular weight is 197 g/mol. The second-order valence-electron chi connectivity index (χ2n) is 2.51. The maximum Gasteiger partial charge on any atom is 0.221 e. The second-order valence-corrected chi connectivity index (χ2v) is 2.51. The SMILES string of the molecule is C=C(C=N)OC(/N=C\N)=C(\C)COC. The number of allylic oxidation sites excluding steroid dienone is 1. The minimum atomic E-state index is 0.195. The van der Waals surface area contributed by atoms with Gasteiger partial charge in [-0.2, -0.15) is 0 Å². The van der Waals surface area contributed by atoms with Gasteiger partial charge >= 0.3 is 0 Å². The molecule has 0 radical (unpaired) electrons. The van der Waals surface area contributed by atoms with Crippen molar-refractivity contribution in [1.82, 2.24) is 0 Å². The molecule has 0 saturated carbocycles.